The SMILES string of the molecule is CCOC1(C(O)c2cscc2Br)CCCCCC1. The lowest BCUT2D eigenvalue weighted by Gasteiger charge is -2.37. The van der Waals surface area contributed by atoms with Gasteiger partial charge in [-0.15, -0.1) is 0 Å². The molecule has 2 nitrogen and oxygen atoms in total. The molecular weight excluding hydrogens is 312 g/mol. The van der Waals surface area contributed by atoms with Gasteiger partial charge in [0.1, 0.15) is 6.10 Å². The third kappa shape index (κ3) is 2.98. The van der Waals surface area contributed by atoms with Crippen LogP contribution in [0.3, 0.4) is 0 Å². The number of aliphatic hydroxyl groups excluding tert-OH is 1. The zero-order valence-corrected chi connectivity index (χ0v) is 13.2. The van der Waals surface area contributed by atoms with Gasteiger partial charge >= 0.3 is 0 Å². The van der Waals surface area contributed by atoms with Gasteiger partial charge in [-0.2, -0.15) is 11.3 Å². The molecule has 0 saturated heterocycles. The summed E-state index contributed by atoms with van der Waals surface area (Å²) in [4.78, 5) is 0. The molecule has 1 aromatic rings. The maximum atomic E-state index is 10.8. The van der Waals surface area contributed by atoms with Crippen molar-refractivity contribution in [1.29, 1.82) is 0 Å². The Morgan fingerprint density at radius 2 is 2.00 bits per heavy atom. The topological polar surface area (TPSA) is 29.5 Å². The summed E-state index contributed by atoms with van der Waals surface area (Å²) in [6, 6.07) is 0. The molecule has 1 fully saturated rings. The molecule has 1 unspecified atom stereocenters. The van der Waals surface area contributed by atoms with Gasteiger partial charge < -0.3 is 9.84 Å². The van der Waals surface area contributed by atoms with Crippen molar-refractivity contribution < 1.29 is 9.84 Å². The molecule has 2 rings (SSSR count). The second-order valence-corrected chi connectivity index (χ2v) is 6.59. The lowest BCUT2D eigenvalue weighted by atomic mass is 9.85. The molecule has 4 heteroatoms. The molecule has 102 valence electrons. The van der Waals surface area contributed by atoms with Gasteiger partial charge in [-0.05, 0) is 41.1 Å². The molecule has 0 aromatic carbocycles. The van der Waals surface area contributed by atoms with Crippen molar-refractivity contribution in [3.63, 3.8) is 0 Å². The van der Waals surface area contributed by atoms with E-state index in [0.29, 0.717) is 6.61 Å². The third-order valence-corrected chi connectivity index (χ3v) is 5.57. The van der Waals surface area contributed by atoms with Crippen LogP contribution in [0.15, 0.2) is 15.2 Å². The van der Waals surface area contributed by atoms with Crippen LogP contribution >= 0.6 is 27.3 Å². The summed E-state index contributed by atoms with van der Waals surface area (Å²) >= 11 is 5.14. The first-order valence-corrected chi connectivity index (χ1v) is 8.47. The van der Waals surface area contributed by atoms with Crippen molar-refractivity contribution in [3.8, 4) is 0 Å². The number of halogens is 1. The highest BCUT2D eigenvalue weighted by Crippen LogP contribution is 2.43. The summed E-state index contributed by atoms with van der Waals surface area (Å²) in [5, 5.41) is 14.8. The van der Waals surface area contributed by atoms with Crippen molar-refractivity contribution in [1.82, 2.24) is 0 Å². The minimum atomic E-state index is -0.517. The van der Waals surface area contributed by atoms with E-state index in [1.54, 1.807) is 11.3 Å². The third-order valence-electron chi connectivity index (χ3n) is 3.82. The smallest absolute Gasteiger partial charge is 0.110 e. The van der Waals surface area contributed by atoms with Crippen molar-refractivity contribution in [2.45, 2.75) is 57.2 Å². The van der Waals surface area contributed by atoms with E-state index in [2.05, 4.69) is 15.9 Å². The summed E-state index contributed by atoms with van der Waals surface area (Å²) in [5.74, 6) is 0. The summed E-state index contributed by atoms with van der Waals surface area (Å²) in [6.45, 7) is 2.68. The summed E-state index contributed by atoms with van der Waals surface area (Å²) < 4.78 is 7.03. The number of ether oxygens (including phenoxy) is 1. The predicted octanol–water partition coefficient (Wildman–Crippen LogP) is 4.67. The Morgan fingerprint density at radius 3 is 2.50 bits per heavy atom. The van der Waals surface area contributed by atoms with Crippen LogP contribution in [-0.2, 0) is 4.74 Å². The fraction of sp³-hybridized carbons (Fsp3) is 0.714. The number of thiophene rings is 1. The first-order chi connectivity index (χ1) is 8.69. The molecule has 1 aliphatic carbocycles. The van der Waals surface area contributed by atoms with Gasteiger partial charge in [0.25, 0.3) is 0 Å². The standard InChI is InChI=1S/C14H21BrO2S/c1-2-17-14(7-5-3-4-6-8-14)13(16)11-9-18-10-12(11)15/h9-10,13,16H,2-8H2,1H3. The zero-order chi connectivity index (χ0) is 13.0. The van der Waals surface area contributed by atoms with Crippen LogP contribution in [0.4, 0.5) is 0 Å². The second kappa shape index (κ2) is 6.51. The summed E-state index contributed by atoms with van der Waals surface area (Å²) in [7, 11) is 0. The van der Waals surface area contributed by atoms with Crippen LogP contribution in [0, 0.1) is 0 Å². The molecule has 0 aliphatic heterocycles. The predicted molar refractivity (Wildman–Crippen MR) is 79.0 cm³/mol. The fourth-order valence-electron chi connectivity index (χ4n) is 2.88. The van der Waals surface area contributed by atoms with Crippen LogP contribution in [0.25, 0.3) is 0 Å². The molecule has 1 saturated carbocycles. The van der Waals surface area contributed by atoms with Crippen molar-refractivity contribution >= 4 is 27.3 Å². The van der Waals surface area contributed by atoms with Gasteiger partial charge in [0.15, 0.2) is 0 Å². The number of rotatable bonds is 4. The number of hydrogen-bond donors (Lipinski definition) is 1. The Hall–Kier alpha value is 0.100. The second-order valence-electron chi connectivity index (χ2n) is 4.99. The van der Waals surface area contributed by atoms with Gasteiger partial charge in [-0.25, -0.2) is 0 Å². The Kier molecular flexibility index (Phi) is 5.24. The highest BCUT2D eigenvalue weighted by molar-refractivity contribution is 9.10. The molecular formula is C14H21BrO2S. The molecule has 0 amide bonds. The molecule has 1 atom stereocenters. The molecule has 0 spiro atoms. The highest BCUT2D eigenvalue weighted by atomic mass is 79.9. The van der Waals surface area contributed by atoms with Crippen LogP contribution in [0.5, 0.6) is 0 Å². The van der Waals surface area contributed by atoms with E-state index >= 15 is 0 Å². The van der Waals surface area contributed by atoms with Crippen molar-refractivity contribution in [2.75, 3.05) is 6.61 Å². The average Bonchev–Trinajstić information content (AvgIpc) is 2.64. The van der Waals surface area contributed by atoms with Crippen LogP contribution < -0.4 is 0 Å². The van der Waals surface area contributed by atoms with Gasteiger partial charge in [0.05, 0.1) is 5.60 Å². The van der Waals surface area contributed by atoms with Crippen molar-refractivity contribution in [2.24, 2.45) is 0 Å². The average molecular weight is 333 g/mol. The van der Waals surface area contributed by atoms with Crippen molar-refractivity contribution in [3.05, 3.63) is 20.8 Å². The van der Waals surface area contributed by atoms with E-state index < -0.39 is 6.10 Å². The molecule has 1 aromatic heterocycles. The van der Waals surface area contributed by atoms with Crippen LogP contribution in [0.1, 0.15) is 57.1 Å². The lowest BCUT2D eigenvalue weighted by Crippen LogP contribution is -2.39. The van der Waals surface area contributed by atoms with E-state index in [1.807, 2.05) is 17.7 Å². The minimum absolute atomic E-state index is 0.380. The molecule has 0 bridgehead atoms. The largest absolute Gasteiger partial charge is 0.385 e. The molecule has 0 radical (unpaired) electrons. The van der Waals surface area contributed by atoms with Gasteiger partial charge in [-0.1, -0.05) is 25.7 Å². The van der Waals surface area contributed by atoms with E-state index in [0.717, 1.165) is 35.7 Å². The maximum Gasteiger partial charge on any atom is 0.110 e. The Balaban J connectivity index is 2.25. The van der Waals surface area contributed by atoms with Gasteiger partial charge in [0, 0.05) is 22.0 Å². The van der Waals surface area contributed by atoms with Crippen LogP contribution in [0.2, 0.25) is 0 Å². The molecule has 1 aliphatic rings. The molecule has 18 heavy (non-hydrogen) atoms. The highest BCUT2D eigenvalue weighted by Gasteiger charge is 2.40. The van der Waals surface area contributed by atoms with Gasteiger partial charge in [0.2, 0.25) is 0 Å². The van der Waals surface area contributed by atoms with E-state index in [-0.39, 0.29) is 5.60 Å². The summed E-state index contributed by atoms with van der Waals surface area (Å²) in [5.41, 5.74) is 0.602. The number of hydrogen-bond acceptors (Lipinski definition) is 3. The monoisotopic (exact) mass is 332 g/mol. The van der Waals surface area contributed by atoms with Gasteiger partial charge in [-0.3, -0.25) is 0 Å². The van der Waals surface area contributed by atoms with E-state index in [1.165, 1.54) is 12.8 Å². The maximum absolute atomic E-state index is 10.8. The van der Waals surface area contributed by atoms with Crippen LogP contribution in [-0.4, -0.2) is 17.3 Å². The van der Waals surface area contributed by atoms with E-state index in [4.69, 9.17) is 4.74 Å². The Bertz CT molecular complexity index is 370. The number of aliphatic hydroxyl groups is 1. The Morgan fingerprint density at radius 1 is 1.33 bits per heavy atom. The first-order valence-electron chi connectivity index (χ1n) is 6.73. The van der Waals surface area contributed by atoms with E-state index in [9.17, 15) is 5.11 Å². The summed E-state index contributed by atoms with van der Waals surface area (Å²) in [6.07, 6.45) is 6.22. The normalized spacial score (nSPS) is 21.5. The molecule has 1 heterocycles. The zero-order valence-electron chi connectivity index (χ0n) is 10.8. The molecule has 1 N–H and O–H groups in total. The Labute approximate surface area is 121 Å². The quantitative estimate of drug-likeness (QED) is 0.811. The lowest BCUT2D eigenvalue weighted by molar-refractivity contribution is -0.131. The first kappa shape index (κ1) is 14.5. The fourth-order valence-corrected chi connectivity index (χ4v) is 4.41. The minimum Gasteiger partial charge on any atom is -0.385 e.